The molecule has 1 saturated heterocycles. The number of anilines is 1. The minimum atomic E-state index is 0.737. The van der Waals surface area contributed by atoms with E-state index in [1.807, 2.05) is 12.1 Å². The van der Waals surface area contributed by atoms with Crippen LogP contribution < -0.4 is 15.0 Å². The van der Waals surface area contributed by atoms with Crippen LogP contribution in [0.3, 0.4) is 0 Å². The lowest BCUT2D eigenvalue weighted by molar-refractivity contribution is 0.403. The van der Waals surface area contributed by atoms with E-state index in [0.29, 0.717) is 0 Å². The first-order valence-corrected chi connectivity index (χ1v) is 8.41. The molecule has 0 aliphatic carbocycles. The van der Waals surface area contributed by atoms with Crippen LogP contribution in [0.15, 0.2) is 41.0 Å². The highest BCUT2D eigenvalue weighted by Gasteiger charge is 2.19. The number of nitrogens with zero attached hydrogens (tertiary/aromatic N) is 1. The summed E-state index contributed by atoms with van der Waals surface area (Å²) in [6.07, 6.45) is 4.22. The summed E-state index contributed by atoms with van der Waals surface area (Å²) in [6.45, 7) is 6.11. The normalized spacial score (nSPS) is 15.8. The first-order valence-electron chi connectivity index (χ1n) is 8.41. The van der Waals surface area contributed by atoms with Gasteiger partial charge in [-0.15, -0.1) is 0 Å². The van der Waals surface area contributed by atoms with Crippen LogP contribution in [0, 0.1) is 5.92 Å². The second-order valence-corrected chi connectivity index (χ2v) is 6.36. The first kappa shape index (κ1) is 15.9. The first-order chi connectivity index (χ1) is 11.3. The fourth-order valence-electron chi connectivity index (χ4n) is 3.09. The van der Waals surface area contributed by atoms with E-state index < -0.39 is 0 Å². The van der Waals surface area contributed by atoms with Gasteiger partial charge in [-0.3, -0.25) is 0 Å². The van der Waals surface area contributed by atoms with Crippen LogP contribution in [0.5, 0.6) is 5.75 Å². The van der Waals surface area contributed by atoms with Gasteiger partial charge in [0.05, 0.1) is 25.6 Å². The van der Waals surface area contributed by atoms with Crippen LogP contribution >= 0.6 is 0 Å². The molecule has 1 aromatic heterocycles. The van der Waals surface area contributed by atoms with Crippen LogP contribution in [0.2, 0.25) is 0 Å². The third-order valence-electron chi connectivity index (χ3n) is 4.58. The Labute approximate surface area is 138 Å². The van der Waals surface area contributed by atoms with Crippen LogP contribution in [0.4, 0.5) is 5.69 Å². The Bertz CT molecular complexity index is 602. The summed E-state index contributed by atoms with van der Waals surface area (Å²) in [5.41, 5.74) is 2.44. The van der Waals surface area contributed by atoms with Crippen molar-refractivity contribution in [1.82, 2.24) is 5.32 Å². The second kappa shape index (κ2) is 7.55. The van der Waals surface area contributed by atoms with Crippen molar-refractivity contribution in [3.05, 3.63) is 47.9 Å². The molecule has 1 N–H and O–H groups in total. The van der Waals surface area contributed by atoms with E-state index >= 15 is 0 Å². The Hall–Kier alpha value is -1.94. The Morgan fingerprint density at radius 1 is 1.22 bits per heavy atom. The van der Waals surface area contributed by atoms with Crippen molar-refractivity contribution < 1.29 is 9.15 Å². The molecule has 0 spiro atoms. The van der Waals surface area contributed by atoms with Crippen LogP contribution in [0.25, 0.3) is 0 Å². The fraction of sp³-hybridized carbons (Fsp3) is 0.474. The average molecular weight is 314 g/mol. The highest BCUT2D eigenvalue weighted by Crippen LogP contribution is 2.32. The third-order valence-corrected chi connectivity index (χ3v) is 4.58. The number of hydrogen-bond donors (Lipinski definition) is 1. The summed E-state index contributed by atoms with van der Waals surface area (Å²) in [4.78, 5) is 2.44. The minimum Gasteiger partial charge on any atom is -0.495 e. The predicted molar refractivity (Wildman–Crippen MR) is 92.9 cm³/mol. The lowest BCUT2D eigenvalue weighted by Gasteiger charge is -2.33. The van der Waals surface area contributed by atoms with Crippen molar-refractivity contribution in [2.75, 3.05) is 25.1 Å². The molecule has 0 saturated carbocycles. The van der Waals surface area contributed by atoms with Gasteiger partial charge in [-0.25, -0.2) is 0 Å². The summed E-state index contributed by atoms with van der Waals surface area (Å²) in [5, 5.41) is 3.40. The average Bonchev–Trinajstić information content (AvgIpc) is 3.09. The molecule has 23 heavy (non-hydrogen) atoms. The number of hydrogen-bond acceptors (Lipinski definition) is 4. The highest BCUT2D eigenvalue weighted by molar-refractivity contribution is 5.60. The van der Waals surface area contributed by atoms with E-state index in [9.17, 15) is 0 Å². The maximum absolute atomic E-state index is 5.63. The molecule has 1 fully saturated rings. The smallest absolute Gasteiger partial charge is 0.142 e. The molecule has 4 heteroatoms. The maximum Gasteiger partial charge on any atom is 0.142 e. The Kier molecular flexibility index (Phi) is 5.23. The quantitative estimate of drug-likeness (QED) is 0.880. The molecule has 1 aliphatic heterocycles. The Morgan fingerprint density at radius 2 is 2.04 bits per heavy atom. The van der Waals surface area contributed by atoms with E-state index in [2.05, 4.69) is 35.3 Å². The van der Waals surface area contributed by atoms with Gasteiger partial charge in [-0.2, -0.15) is 0 Å². The molecule has 2 heterocycles. The zero-order valence-electron chi connectivity index (χ0n) is 14.0. The number of benzene rings is 1. The summed E-state index contributed by atoms with van der Waals surface area (Å²) < 4.78 is 11.0. The summed E-state index contributed by atoms with van der Waals surface area (Å²) in [5.74, 6) is 2.76. The summed E-state index contributed by atoms with van der Waals surface area (Å²) in [7, 11) is 1.76. The van der Waals surface area contributed by atoms with Gasteiger partial charge >= 0.3 is 0 Å². The molecule has 0 amide bonds. The lowest BCUT2D eigenvalue weighted by Crippen LogP contribution is -2.33. The van der Waals surface area contributed by atoms with Gasteiger partial charge in [0.1, 0.15) is 11.5 Å². The van der Waals surface area contributed by atoms with Crippen molar-refractivity contribution in [2.45, 2.75) is 32.9 Å². The molecule has 4 nitrogen and oxygen atoms in total. The fourth-order valence-corrected chi connectivity index (χ4v) is 3.09. The van der Waals surface area contributed by atoms with Crippen molar-refractivity contribution in [1.29, 1.82) is 0 Å². The van der Waals surface area contributed by atoms with Gasteiger partial charge in [0.25, 0.3) is 0 Å². The minimum absolute atomic E-state index is 0.737. The van der Waals surface area contributed by atoms with Crippen molar-refractivity contribution in [3.63, 3.8) is 0 Å². The molecule has 124 valence electrons. The number of methoxy groups -OCH3 is 1. The highest BCUT2D eigenvalue weighted by atomic mass is 16.5. The number of nitrogens with one attached hydrogen (secondary N) is 1. The molecule has 1 aliphatic rings. The summed E-state index contributed by atoms with van der Waals surface area (Å²) >= 11 is 0. The van der Waals surface area contributed by atoms with E-state index in [0.717, 1.165) is 43.6 Å². The standard InChI is InChI=1S/C19H26N2O2/c1-15-7-9-21(10-8-15)18-6-5-16(12-19(18)22-2)13-20-14-17-4-3-11-23-17/h3-6,11-12,15,20H,7-10,13-14H2,1-2H3. The Balaban J connectivity index is 1.62. The maximum atomic E-state index is 5.63. The predicted octanol–water partition coefficient (Wildman–Crippen LogP) is 3.81. The number of furan rings is 1. The van der Waals surface area contributed by atoms with E-state index in [-0.39, 0.29) is 0 Å². The van der Waals surface area contributed by atoms with E-state index in [1.165, 1.54) is 24.1 Å². The lowest BCUT2D eigenvalue weighted by atomic mass is 9.98. The van der Waals surface area contributed by atoms with E-state index in [1.54, 1.807) is 13.4 Å². The van der Waals surface area contributed by atoms with Crippen LogP contribution in [-0.2, 0) is 13.1 Å². The molecular weight excluding hydrogens is 288 g/mol. The van der Waals surface area contributed by atoms with Crippen molar-refractivity contribution in [2.24, 2.45) is 5.92 Å². The topological polar surface area (TPSA) is 37.6 Å². The monoisotopic (exact) mass is 314 g/mol. The molecular formula is C19H26N2O2. The molecule has 0 bridgehead atoms. The summed E-state index contributed by atoms with van der Waals surface area (Å²) in [6, 6.07) is 10.4. The van der Waals surface area contributed by atoms with Crippen molar-refractivity contribution in [3.8, 4) is 5.75 Å². The van der Waals surface area contributed by atoms with Crippen molar-refractivity contribution >= 4 is 5.69 Å². The molecule has 1 aromatic carbocycles. The van der Waals surface area contributed by atoms with Gasteiger partial charge in [0.2, 0.25) is 0 Å². The SMILES string of the molecule is COc1cc(CNCc2ccco2)ccc1N1CCC(C)CC1. The molecule has 3 rings (SSSR count). The van der Waals surface area contributed by atoms with Gasteiger partial charge in [-0.1, -0.05) is 13.0 Å². The van der Waals surface area contributed by atoms with Gasteiger partial charge in [-0.05, 0) is 48.6 Å². The molecule has 0 unspecified atom stereocenters. The van der Waals surface area contributed by atoms with Crippen LogP contribution in [0.1, 0.15) is 31.1 Å². The zero-order valence-corrected chi connectivity index (χ0v) is 14.0. The molecule has 0 radical (unpaired) electrons. The number of piperidine rings is 1. The van der Waals surface area contributed by atoms with Gasteiger partial charge in [0.15, 0.2) is 0 Å². The van der Waals surface area contributed by atoms with E-state index in [4.69, 9.17) is 9.15 Å². The molecule has 0 atom stereocenters. The molecule has 2 aromatic rings. The van der Waals surface area contributed by atoms with Crippen LogP contribution in [-0.4, -0.2) is 20.2 Å². The largest absolute Gasteiger partial charge is 0.495 e. The Morgan fingerprint density at radius 3 is 2.74 bits per heavy atom. The number of ether oxygens (including phenoxy) is 1. The van der Waals surface area contributed by atoms with Gasteiger partial charge < -0.3 is 19.4 Å². The second-order valence-electron chi connectivity index (χ2n) is 6.36. The zero-order chi connectivity index (χ0) is 16.1. The number of rotatable bonds is 6. The van der Waals surface area contributed by atoms with Gasteiger partial charge in [0, 0.05) is 19.6 Å². The third kappa shape index (κ3) is 4.08.